The standard InChI is InChI=1S/C18H24N2O8S/c1-11(15(27-2)14-5-4-10-20(14)18(23)24)16(21)19-29(25,26)13-8-6-12(7-9-13)17(22)28-3/h6-9,11,14-15H,4-5,10H2,1-3H3,(H,19,21)(H,23,24)/t11-,14+,15-/m1/s1. The van der Waals surface area contributed by atoms with Crippen molar-refractivity contribution in [1.82, 2.24) is 9.62 Å². The van der Waals surface area contributed by atoms with E-state index in [0.717, 1.165) is 0 Å². The third-order valence-electron chi connectivity index (χ3n) is 4.92. The van der Waals surface area contributed by atoms with Crippen molar-refractivity contribution in [2.45, 2.75) is 36.8 Å². The molecule has 11 heteroatoms. The summed E-state index contributed by atoms with van der Waals surface area (Å²) in [5.41, 5.74) is 0.167. The predicted octanol–water partition coefficient (Wildman–Crippen LogP) is 1.07. The van der Waals surface area contributed by atoms with Crippen LogP contribution >= 0.6 is 0 Å². The minimum absolute atomic E-state index is 0.167. The number of nitrogens with one attached hydrogen (secondary N) is 1. The van der Waals surface area contributed by atoms with Crippen LogP contribution in [0.1, 0.15) is 30.1 Å². The summed E-state index contributed by atoms with van der Waals surface area (Å²) >= 11 is 0. The molecule has 160 valence electrons. The fraction of sp³-hybridized carbons (Fsp3) is 0.500. The summed E-state index contributed by atoms with van der Waals surface area (Å²) in [6.07, 6.45) is -0.758. The first-order chi connectivity index (χ1) is 13.6. The molecule has 0 saturated carbocycles. The number of hydrogen-bond donors (Lipinski definition) is 2. The average Bonchev–Trinajstić information content (AvgIpc) is 3.17. The van der Waals surface area contributed by atoms with Crippen molar-refractivity contribution in [3.63, 3.8) is 0 Å². The number of nitrogens with zero attached hydrogens (tertiary/aromatic N) is 1. The Labute approximate surface area is 168 Å². The molecule has 1 aliphatic rings. The fourth-order valence-corrected chi connectivity index (χ4v) is 4.45. The Bertz CT molecular complexity index is 868. The minimum Gasteiger partial charge on any atom is -0.465 e. The van der Waals surface area contributed by atoms with Crippen LogP contribution in [-0.4, -0.2) is 69.3 Å². The molecule has 3 atom stereocenters. The summed E-state index contributed by atoms with van der Waals surface area (Å²) < 4.78 is 36.9. The van der Waals surface area contributed by atoms with Crippen LogP contribution in [0.4, 0.5) is 4.79 Å². The number of esters is 1. The maximum absolute atomic E-state index is 12.6. The molecule has 1 aliphatic heterocycles. The van der Waals surface area contributed by atoms with Gasteiger partial charge < -0.3 is 19.5 Å². The van der Waals surface area contributed by atoms with Crippen molar-refractivity contribution in [2.75, 3.05) is 20.8 Å². The van der Waals surface area contributed by atoms with Crippen molar-refractivity contribution < 1.29 is 37.4 Å². The highest BCUT2D eigenvalue weighted by Gasteiger charge is 2.40. The molecular weight excluding hydrogens is 404 g/mol. The summed E-state index contributed by atoms with van der Waals surface area (Å²) in [5.74, 6) is -2.35. The summed E-state index contributed by atoms with van der Waals surface area (Å²) in [5, 5.41) is 9.30. The highest BCUT2D eigenvalue weighted by Crippen LogP contribution is 2.26. The van der Waals surface area contributed by atoms with Gasteiger partial charge in [-0.05, 0) is 37.1 Å². The number of hydrogen-bond acceptors (Lipinski definition) is 7. The first-order valence-electron chi connectivity index (χ1n) is 8.89. The Hall–Kier alpha value is -2.66. The number of sulfonamides is 1. The molecule has 1 heterocycles. The van der Waals surface area contributed by atoms with Gasteiger partial charge in [-0.15, -0.1) is 0 Å². The summed E-state index contributed by atoms with van der Waals surface area (Å²) in [7, 11) is -1.63. The predicted molar refractivity (Wildman–Crippen MR) is 101 cm³/mol. The molecule has 0 aromatic heterocycles. The topological polar surface area (TPSA) is 139 Å². The maximum atomic E-state index is 12.6. The number of likely N-dealkylation sites (tertiary alicyclic amines) is 1. The molecule has 2 N–H and O–H groups in total. The molecule has 1 saturated heterocycles. The fourth-order valence-electron chi connectivity index (χ4n) is 3.39. The van der Waals surface area contributed by atoms with Crippen LogP contribution in [0.2, 0.25) is 0 Å². The lowest BCUT2D eigenvalue weighted by atomic mass is 9.95. The van der Waals surface area contributed by atoms with Gasteiger partial charge >= 0.3 is 12.1 Å². The van der Waals surface area contributed by atoms with E-state index in [1.165, 1.54) is 50.3 Å². The van der Waals surface area contributed by atoms with E-state index in [2.05, 4.69) is 4.74 Å². The largest absolute Gasteiger partial charge is 0.465 e. The number of carbonyl (C=O) groups excluding carboxylic acids is 2. The van der Waals surface area contributed by atoms with Gasteiger partial charge in [-0.1, -0.05) is 6.92 Å². The first-order valence-corrected chi connectivity index (χ1v) is 10.4. The lowest BCUT2D eigenvalue weighted by Crippen LogP contribution is -2.50. The Morgan fingerprint density at radius 1 is 1.21 bits per heavy atom. The van der Waals surface area contributed by atoms with E-state index in [0.29, 0.717) is 19.4 Å². The SMILES string of the molecule is COC(=O)c1ccc(S(=O)(=O)NC(=O)[C@H](C)[C@@H](OC)[C@@H]2CCCN2C(=O)O)cc1. The second-order valence-electron chi connectivity index (χ2n) is 6.66. The third kappa shape index (κ3) is 5.04. The smallest absolute Gasteiger partial charge is 0.407 e. The van der Waals surface area contributed by atoms with Gasteiger partial charge in [-0.2, -0.15) is 0 Å². The van der Waals surface area contributed by atoms with Crippen LogP contribution in [0.15, 0.2) is 29.2 Å². The van der Waals surface area contributed by atoms with Gasteiger partial charge in [-0.3, -0.25) is 4.79 Å². The van der Waals surface area contributed by atoms with Crippen molar-refractivity contribution >= 4 is 28.0 Å². The van der Waals surface area contributed by atoms with E-state index in [4.69, 9.17) is 4.74 Å². The molecule has 0 spiro atoms. The van der Waals surface area contributed by atoms with E-state index in [9.17, 15) is 27.9 Å². The van der Waals surface area contributed by atoms with Crippen LogP contribution in [0.5, 0.6) is 0 Å². The summed E-state index contributed by atoms with van der Waals surface area (Å²) in [6, 6.07) is 4.37. The van der Waals surface area contributed by atoms with Crippen molar-refractivity contribution in [2.24, 2.45) is 5.92 Å². The molecular formula is C18H24N2O8S. The lowest BCUT2D eigenvalue weighted by Gasteiger charge is -2.32. The second kappa shape index (κ2) is 9.23. The van der Waals surface area contributed by atoms with Crippen LogP contribution in [0.3, 0.4) is 0 Å². The van der Waals surface area contributed by atoms with E-state index < -0.39 is 46.1 Å². The molecule has 10 nitrogen and oxygen atoms in total. The quantitative estimate of drug-likeness (QED) is 0.615. The first kappa shape index (κ1) is 22.6. The zero-order valence-electron chi connectivity index (χ0n) is 16.3. The number of methoxy groups -OCH3 is 2. The monoisotopic (exact) mass is 428 g/mol. The van der Waals surface area contributed by atoms with E-state index >= 15 is 0 Å². The zero-order valence-corrected chi connectivity index (χ0v) is 17.1. The summed E-state index contributed by atoms with van der Waals surface area (Å²) in [4.78, 5) is 36.4. The summed E-state index contributed by atoms with van der Waals surface area (Å²) in [6.45, 7) is 1.82. The van der Waals surface area contributed by atoms with Gasteiger partial charge in [0.05, 0.1) is 35.6 Å². The van der Waals surface area contributed by atoms with Crippen molar-refractivity contribution in [3.8, 4) is 0 Å². The van der Waals surface area contributed by atoms with Crippen LogP contribution < -0.4 is 4.72 Å². The number of ether oxygens (including phenoxy) is 2. The molecule has 0 radical (unpaired) electrons. The molecule has 2 rings (SSSR count). The molecule has 1 aromatic carbocycles. The van der Waals surface area contributed by atoms with Gasteiger partial charge in [-0.25, -0.2) is 22.7 Å². The number of carbonyl (C=O) groups is 3. The number of carboxylic acid groups (broad SMARTS) is 1. The minimum atomic E-state index is -4.19. The Balaban J connectivity index is 2.14. The second-order valence-corrected chi connectivity index (χ2v) is 8.34. The van der Waals surface area contributed by atoms with Gasteiger partial charge in [0, 0.05) is 13.7 Å². The number of amides is 2. The molecule has 0 aliphatic carbocycles. The van der Waals surface area contributed by atoms with Crippen molar-refractivity contribution in [1.29, 1.82) is 0 Å². The van der Waals surface area contributed by atoms with Crippen LogP contribution in [-0.2, 0) is 24.3 Å². The van der Waals surface area contributed by atoms with Gasteiger partial charge in [0.2, 0.25) is 5.91 Å². The van der Waals surface area contributed by atoms with E-state index in [1.807, 2.05) is 4.72 Å². The highest BCUT2D eigenvalue weighted by atomic mass is 32.2. The third-order valence-corrected chi connectivity index (χ3v) is 6.29. The molecule has 1 fully saturated rings. The molecule has 2 amide bonds. The Morgan fingerprint density at radius 2 is 1.83 bits per heavy atom. The number of benzene rings is 1. The molecule has 0 bridgehead atoms. The van der Waals surface area contributed by atoms with Gasteiger partial charge in [0.25, 0.3) is 10.0 Å². The maximum Gasteiger partial charge on any atom is 0.407 e. The Kier molecular flexibility index (Phi) is 7.20. The average molecular weight is 428 g/mol. The normalized spacial score (nSPS) is 18.7. The van der Waals surface area contributed by atoms with Crippen LogP contribution in [0, 0.1) is 5.92 Å². The highest BCUT2D eigenvalue weighted by molar-refractivity contribution is 7.90. The van der Waals surface area contributed by atoms with E-state index in [-0.39, 0.29) is 10.5 Å². The zero-order chi connectivity index (χ0) is 21.8. The van der Waals surface area contributed by atoms with E-state index in [1.54, 1.807) is 0 Å². The lowest BCUT2D eigenvalue weighted by molar-refractivity contribution is -0.128. The van der Waals surface area contributed by atoms with Gasteiger partial charge in [0.15, 0.2) is 0 Å². The molecule has 1 aromatic rings. The Morgan fingerprint density at radius 3 is 2.34 bits per heavy atom. The molecule has 0 unspecified atom stereocenters. The van der Waals surface area contributed by atoms with Crippen molar-refractivity contribution in [3.05, 3.63) is 29.8 Å². The number of rotatable bonds is 7. The molecule has 29 heavy (non-hydrogen) atoms. The van der Waals surface area contributed by atoms with Crippen LogP contribution in [0.25, 0.3) is 0 Å². The van der Waals surface area contributed by atoms with Gasteiger partial charge in [0.1, 0.15) is 0 Å².